The number of rotatable bonds is 8. The van der Waals surface area contributed by atoms with Crippen LogP contribution in [0.1, 0.15) is 44.7 Å². The third-order valence-corrected chi connectivity index (χ3v) is 8.03. The van der Waals surface area contributed by atoms with Gasteiger partial charge in [-0.1, -0.05) is 72.4 Å². The van der Waals surface area contributed by atoms with Crippen LogP contribution in [0.2, 0.25) is 0 Å². The monoisotopic (exact) mass is 574 g/mol. The maximum atomic E-state index is 13.8. The van der Waals surface area contributed by atoms with Crippen molar-refractivity contribution in [3.63, 3.8) is 0 Å². The van der Waals surface area contributed by atoms with Crippen molar-refractivity contribution in [1.82, 2.24) is 24.4 Å². The maximum absolute atomic E-state index is 13.8. The van der Waals surface area contributed by atoms with Crippen LogP contribution in [0.3, 0.4) is 0 Å². The summed E-state index contributed by atoms with van der Waals surface area (Å²) in [4.78, 5) is 38.2. The third-order valence-electron chi connectivity index (χ3n) is 7.00. The van der Waals surface area contributed by atoms with Crippen molar-refractivity contribution in [3.05, 3.63) is 82.1 Å². The van der Waals surface area contributed by atoms with Gasteiger partial charge in [-0.25, -0.2) is 9.78 Å². The van der Waals surface area contributed by atoms with Gasteiger partial charge in [0.1, 0.15) is 5.60 Å². The molecule has 4 aromatic rings. The van der Waals surface area contributed by atoms with E-state index in [-0.39, 0.29) is 11.6 Å². The summed E-state index contributed by atoms with van der Waals surface area (Å²) in [6.45, 7) is 7.39. The Morgan fingerprint density at radius 1 is 1.05 bits per heavy atom. The number of carbonyl (C=O) groups excluding carboxylic acids is 1. The number of hydrogen-bond acceptors (Lipinski definition) is 7. The number of benzene rings is 2. The Morgan fingerprint density at radius 2 is 1.73 bits per heavy atom. The molecule has 0 bridgehead atoms. The molecule has 1 amide bonds. The zero-order chi connectivity index (χ0) is 29.0. The van der Waals surface area contributed by atoms with Crippen molar-refractivity contribution in [2.75, 3.05) is 23.7 Å². The Morgan fingerprint density at radius 3 is 2.41 bits per heavy atom. The number of aromatic nitrogens is 4. The first-order chi connectivity index (χ1) is 19.7. The van der Waals surface area contributed by atoms with Gasteiger partial charge in [0.15, 0.2) is 16.3 Å². The van der Waals surface area contributed by atoms with Crippen LogP contribution in [0.4, 0.5) is 10.7 Å². The van der Waals surface area contributed by atoms with Crippen LogP contribution in [0.25, 0.3) is 11.2 Å². The lowest BCUT2D eigenvalue weighted by Crippen LogP contribution is -2.49. The second-order valence-electron chi connectivity index (χ2n) is 11.4. The van der Waals surface area contributed by atoms with E-state index in [4.69, 9.17) is 14.7 Å². The van der Waals surface area contributed by atoms with Crippen LogP contribution in [0.15, 0.2) is 70.6 Å². The van der Waals surface area contributed by atoms with Crippen molar-refractivity contribution in [2.45, 2.75) is 63.4 Å². The van der Waals surface area contributed by atoms with E-state index in [0.29, 0.717) is 35.4 Å². The molecule has 1 N–H and O–H groups in total. The number of piperidine rings is 1. The van der Waals surface area contributed by atoms with Crippen molar-refractivity contribution < 1.29 is 9.53 Å². The summed E-state index contributed by atoms with van der Waals surface area (Å²) in [6.07, 6.45) is 2.18. The van der Waals surface area contributed by atoms with E-state index in [0.717, 1.165) is 37.1 Å². The number of aryl methyl sites for hydroxylation is 1. The minimum absolute atomic E-state index is 0.0940. The molecule has 1 fully saturated rings. The molecule has 2 aromatic heterocycles. The molecule has 0 radical (unpaired) electrons. The molecule has 0 aliphatic carbocycles. The number of ether oxygens (including phenoxy) is 1. The van der Waals surface area contributed by atoms with Crippen molar-refractivity contribution in [3.8, 4) is 0 Å². The fourth-order valence-electron chi connectivity index (χ4n) is 5.07. The van der Waals surface area contributed by atoms with Gasteiger partial charge in [-0.15, -0.1) is 0 Å². The zero-order valence-electron chi connectivity index (χ0n) is 24.2. The van der Waals surface area contributed by atoms with Crippen LogP contribution < -0.4 is 15.8 Å². The Balaban J connectivity index is 1.45. The summed E-state index contributed by atoms with van der Waals surface area (Å²) in [5, 5.41) is 3.67. The van der Waals surface area contributed by atoms with E-state index in [9.17, 15) is 9.59 Å². The quantitative estimate of drug-likeness (QED) is 0.234. The molecular weight excluding hydrogens is 536 g/mol. The summed E-state index contributed by atoms with van der Waals surface area (Å²) in [5.74, 6) is 1.49. The summed E-state index contributed by atoms with van der Waals surface area (Å²) in [7, 11) is 1.78. The average molecular weight is 575 g/mol. The largest absolute Gasteiger partial charge is 0.444 e. The lowest BCUT2D eigenvalue weighted by Gasteiger charge is -2.34. The average Bonchev–Trinajstić information content (AvgIpc) is 3.29. The van der Waals surface area contributed by atoms with Gasteiger partial charge in [0.25, 0.3) is 5.56 Å². The Hall–Kier alpha value is -3.79. The molecule has 2 aromatic carbocycles. The van der Waals surface area contributed by atoms with Crippen LogP contribution in [0.5, 0.6) is 0 Å². The first-order valence-electron chi connectivity index (χ1n) is 14.1. The minimum Gasteiger partial charge on any atom is -0.444 e. The number of amides is 1. The summed E-state index contributed by atoms with van der Waals surface area (Å²) in [6, 6.07) is 20.3. The minimum atomic E-state index is -0.565. The fraction of sp³-hybridized carbons (Fsp3) is 0.419. The molecule has 216 valence electrons. The maximum Gasteiger partial charge on any atom is 0.407 e. The molecule has 9 nitrogen and oxygen atoms in total. The number of hydrogen-bond donors (Lipinski definition) is 1. The van der Waals surface area contributed by atoms with Gasteiger partial charge < -0.3 is 15.0 Å². The molecule has 10 heteroatoms. The molecule has 5 rings (SSSR count). The van der Waals surface area contributed by atoms with E-state index in [1.165, 1.54) is 5.56 Å². The zero-order valence-corrected chi connectivity index (χ0v) is 25.0. The summed E-state index contributed by atoms with van der Waals surface area (Å²) >= 11 is 1.56. The highest BCUT2D eigenvalue weighted by Crippen LogP contribution is 2.26. The van der Waals surface area contributed by atoms with Gasteiger partial charge in [0.05, 0.1) is 6.54 Å². The fourth-order valence-corrected chi connectivity index (χ4v) is 6.02. The Kier molecular flexibility index (Phi) is 8.68. The molecule has 1 saturated heterocycles. The smallest absolute Gasteiger partial charge is 0.407 e. The molecule has 3 heterocycles. The van der Waals surface area contributed by atoms with Gasteiger partial charge in [-0.3, -0.25) is 13.9 Å². The standard InChI is InChI=1S/C31H38N6O3S/c1-31(2,3)40-30(39)32-24-16-11-18-36(21-24)28-33-26-25(37(28)20-23-14-9-6-10-15-23)27(38)35(4)29(34-26)41-19-17-22-12-7-5-8-13-22/h5-10,12-15,24H,11,16-21H2,1-4H3,(H,32,39). The number of nitrogens with zero attached hydrogens (tertiary/aromatic N) is 5. The SMILES string of the molecule is Cn1c(SCCc2ccccc2)nc2nc(N3CCCC(NC(=O)OC(C)(C)C)C3)n(Cc3ccccc3)c2c1=O. The summed E-state index contributed by atoms with van der Waals surface area (Å²) < 4.78 is 9.10. The van der Waals surface area contributed by atoms with Crippen LogP contribution in [0, 0.1) is 0 Å². The molecule has 41 heavy (non-hydrogen) atoms. The van der Waals surface area contributed by atoms with Gasteiger partial charge in [-0.05, 0) is 51.2 Å². The number of fused-ring (bicyclic) bond motifs is 1. The highest BCUT2D eigenvalue weighted by atomic mass is 32.2. The Labute approximate surface area is 244 Å². The van der Waals surface area contributed by atoms with E-state index >= 15 is 0 Å². The van der Waals surface area contributed by atoms with Crippen molar-refractivity contribution in [2.24, 2.45) is 7.05 Å². The van der Waals surface area contributed by atoms with E-state index in [1.54, 1.807) is 23.4 Å². The van der Waals surface area contributed by atoms with E-state index in [1.807, 2.05) is 73.9 Å². The van der Waals surface area contributed by atoms with Gasteiger partial charge in [0.2, 0.25) is 5.95 Å². The molecule has 1 unspecified atom stereocenters. The number of carbonyl (C=O) groups is 1. The normalized spacial score (nSPS) is 15.7. The molecule has 1 aliphatic rings. The first-order valence-corrected chi connectivity index (χ1v) is 15.1. The van der Waals surface area contributed by atoms with E-state index < -0.39 is 11.7 Å². The van der Waals surface area contributed by atoms with Gasteiger partial charge in [-0.2, -0.15) is 4.98 Å². The number of alkyl carbamates (subject to hydrolysis) is 1. The highest BCUT2D eigenvalue weighted by molar-refractivity contribution is 7.99. The molecule has 0 spiro atoms. The van der Waals surface area contributed by atoms with Crippen LogP contribution in [-0.2, 0) is 24.8 Å². The molecule has 1 atom stereocenters. The lowest BCUT2D eigenvalue weighted by atomic mass is 10.1. The first kappa shape index (κ1) is 28.7. The van der Waals surface area contributed by atoms with E-state index in [2.05, 4.69) is 22.3 Å². The number of nitrogens with one attached hydrogen (secondary N) is 1. The topological polar surface area (TPSA) is 94.3 Å². The number of thioether (sulfide) groups is 1. The van der Waals surface area contributed by atoms with Gasteiger partial charge >= 0.3 is 6.09 Å². The second kappa shape index (κ2) is 12.4. The summed E-state index contributed by atoms with van der Waals surface area (Å²) in [5.41, 5.74) is 2.57. The van der Waals surface area contributed by atoms with Crippen LogP contribution in [-0.4, -0.2) is 55.7 Å². The van der Waals surface area contributed by atoms with Crippen molar-refractivity contribution >= 4 is 35.0 Å². The third kappa shape index (κ3) is 7.11. The molecule has 1 aliphatic heterocycles. The van der Waals surface area contributed by atoms with Gasteiger partial charge in [0, 0.05) is 31.9 Å². The van der Waals surface area contributed by atoms with Crippen molar-refractivity contribution in [1.29, 1.82) is 0 Å². The van der Waals surface area contributed by atoms with Crippen LogP contribution >= 0.6 is 11.8 Å². The predicted molar refractivity (Wildman–Crippen MR) is 164 cm³/mol. The lowest BCUT2D eigenvalue weighted by molar-refractivity contribution is 0.0499. The second-order valence-corrected chi connectivity index (χ2v) is 12.5. The Bertz CT molecular complexity index is 1550. The number of anilines is 1. The molecule has 0 saturated carbocycles. The highest BCUT2D eigenvalue weighted by Gasteiger charge is 2.29. The molecular formula is C31H38N6O3S. The predicted octanol–water partition coefficient (Wildman–Crippen LogP) is 5.01. The number of imidazole rings is 1.